The van der Waals surface area contributed by atoms with Crippen LogP contribution in [0.3, 0.4) is 0 Å². The molecule has 0 fully saturated rings. The first-order valence-corrected chi connectivity index (χ1v) is 7.35. The number of carbonyl (C=O) groups excluding carboxylic acids is 1. The van der Waals surface area contributed by atoms with Gasteiger partial charge < -0.3 is 11.1 Å². The summed E-state index contributed by atoms with van der Waals surface area (Å²) in [5.41, 5.74) is 11.3. The molecule has 3 heteroatoms. The Kier molecular flexibility index (Phi) is 4.63. The molecule has 21 heavy (non-hydrogen) atoms. The quantitative estimate of drug-likeness (QED) is 0.834. The Morgan fingerprint density at radius 3 is 2.24 bits per heavy atom. The Labute approximate surface area is 126 Å². The number of benzene rings is 2. The van der Waals surface area contributed by atoms with Crippen molar-refractivity contribution in [3.05, 3.63) is 58.7 Å². The van der Waals surface area contributed by atoms with Crippen LogP contribution in [0.1, 0.15) is 40.9 Å². The number of nitrogens with one attached hydrogen (secondary N) is 1. The Balaban J connectivity index is 2.33. The lowest BCUT2D eigenvalue weighted by Gasteiger charge is -2.14. The van der Waals surface area contributed by atoms with Gasteiger partial charge in [-0.3, -0.25) is 4.79 Å². The lowest BCUT2D eigenvalue weighted by molar-refractivity contribution is 0.102. The van der Waals surface area contributed by atoms with Crippen LogP contribution in [0.15, 0.2) is 36.4 Å². The van der Waals surface area contributed by atoms with E-state index in [2.05, 4.69) is 31.3 Å². The van der Waals surface area contributed by atoms with Crippen LogP contribution in [-0.4, -0.2) is 5.91 Å². The SMILES string of the molecule is CCc1cccc(CC)c1NC(=O)c1ccc(N)c(C)c1. The zero-order valence-electron chi connectivity index (χ0n) is 12.9. The number of para-hydroxylation sites is 1. The molecule has 0 aliphatic heterocycles. The summed E-state index contributed by atoms with van der Waals surface area (Å²) in [6, 6.07) is 11.5. The van der Waals surface area contributed by atoms with Gasteiger partial charge in [-0.15, -0.1) is 0 Å². The molecule has 110 valence electrons. The lowest BCUT2D eigenvalue weighted by atomic mass is 10.0. The van der Waals surface area contributed by atoms with Crippen molar-refractivity contribution in [2.75, 3.05) is 11.1 Å². The number of amides is 1. The number of nitrogen functional groups attached to an aromatic ring is 1. The summed E-state index contributed by atoms with van der Waals surface area (Å²) in [5.74, 6) is -0.0892. The predicted molar refractivity (Wildman–Crippen MR) is 88.7 cm³/mol. The van der Waals surface area contributed by atoms with E-state index in [1.54, 1.807) is 12.1 Å². The summed E-state index contributed by atoms with van der Waals surface area (Å²) in [6.07, 6.45) is 1.79. The van der Waals surface area contributed by atoms with Crippen molar-refractivity contribution in [3.8, 4) is 0 Å². The zero-order chi connectivity index (χ0) is 15.4. The monoisotopic (exact) mass is 282 g/mol. The van der Waals surface area contributed by atoms with E-state index in [1.807, 2.05) is 19.1 Å². The van der Waals surface area contributed by atoms with Gasteiger partial charge in [-0.05, 0) is 54.7 Å². The van der Waals surface area contributed by atoms with E-state index in [4.69, 9.17) is 5.73 Å². The third-order valence-corrected chi connectivity index (χ3v) is 3.77. The Bertz CT molecular complexity index is 640. The van der Waals surface area contributed by atoms with Crippen LogP contribution in [0.5, 0.6) is 0 Å². The largest absolute Gasteiger partial charge is 0.399 e. The first-order chi connectivity index (χ1) is 10.1. The Morgan fingerprint density at radius 1 is 1.10 bits per heavy atom. The number of hydrogen-bond donors (Lipinski definition) is 2. The summed E-state index contributed by atoms with van der Waals surface area (Å²) >= 11 is 0. The third-order valence-electron chi connectivity index (χ3n) is 3.77. The summed E-state index contributed by atoms with van der Waals surface area (Å²) in [6.45, 7) is 6.10. The van der Waals surface area contributed by atoms with Crippen LogP contribution in [0, 0.1) is 6.92 Å². The van der Waals surface area contributed by atoms with Crippen molar-refractivity contribution >= 4 is 17.3 Å². The fourth-order valence-electron chi connectivity index (χ4n) is 2.41. The zero-order valence-corrected chi connectivity index (χ0v) is 12.9. The molecule has 1 amide bonds. The molecule has 2 aromatic rings. The van der Waals surface area contributed by atoms with E-state index in [1.165, 1.54) is 0 Å². The van der Waals surface area contributed by atoms with Gasteiger partial charge in [0.25, 0.3) is 5.91 Å². The summed E-state index contributed by atoms with van der Waals surface area (Å²) in [7, 11) is 0. The molecule has 0 aliphatic rings. The van der Waals surface area contributed by atoms with Crippen LogP contribution in [0.25, 0.3) is 0 Å². The average molecular weight is 282 g/mol. The second-order valence-corrected chi connectivity index (χ2v) is 5.18. The maximum atomic E-state index is 12.5. The molecule has 0 spiro atoms. The first kappa shape index (κ1) is 15.1. The predicted octanol–water partition coefficient (Wildman–Crippen LogP) is 3.95. The summed E-state index contributed by atoms with van der Waals surface area (Å²) in [5, 5.41) is 3.06. The van der Waals surface area contributed by atoms with Gasteiger partial charge in [-0.25, -0.2) is 0 Å². The van der Waals surface area contributed by atoms with Gasteiger partial charge in [0.2, 0.25) is 0 Å². The normalized spacial score (nSPS) is 10.4. The van der Waals surface area contributed by atoms with Crippen LogP contribution >= 0.6 is 0 Å². The maximum Gasteiger partial charge on any atom is 0.255 e. The summed E-state index contributed by atoms with van der Waals surface area (Å²) < 4.78 is 0. The van der Waals surface area contributed by atoms with Gasteiger partial charge in [0.15, 0.2) is 0 Å². The van der Waals surface area contributed by atoms with E-state index < -0.39 is 0 Å². The fraction of sp³-hybridized carbons (Fsp3) is 0.278. The van der Waals surface area contributed by atoms with Gasteiger partial charge >= 0.3 is 0 Å². The topological polar surface area (TPSA) is 55.1 Å². The minimum atomic E-state index is -0.0892. The molecule has 0 saturated carbocycles. The molecule has 0 atom stereocenters. The van der Waals surface area contributed by atoms with Crippen molar-refractivity contribution in [1.29, 1.82) is 0 Å². The Morgan fingerprint density at radius 2 is 1.71 bits per heavy atom. The molecule has 3 nitrogen and oxygen atoms in total. The smallest absolute Gasteiger partial charge is 0.255 e. The second-order valence-electron chi connectivity index (χ2n) is 5.18. The molecule has 3 N–H and O–H groups in total. The number of anilines is 2. The minimum Gasteiger partial charge on any atom is -0.399 e. The molecule has 2 aromatic carbocycles. The molecule has 0 radical (unpaired) electrons. The van der Waals surface area contributed by atoms with Crippen molar-refractivity contribution in [2.24, 2.45) is 0 Å². The number of carbonyl (C=O) groups is 1. The molecule has 2 rings (SSSR count). The molecule has 0 aliphatic carbocycles. The third kappa shape index (κ3) is 3.24. The van der Waals surface area contributed by atoms with E-state index in [-0.39, 0.29) is 5.91 Å². The number of hydrogen-bond acceptors (Lipinski definition) is 2. The van der Waals surface area contributed by atoms with Gasteiger partial charge in [-0.1, -0.05) is 32.0 Å². The van der Waals surface area contributed by atoms with Crippen LogP contribution in [0.2, 0.25) is 0 Å². The number of rotatable bonds is 4. The molecule has 0 heterocycles. The van der Waals surface area contributed by atoms with Crippen molar-refractivity contribution in [2.45, 2.75) is 33.6 Å². The highest BCUT2D eigenvalue weighted by atomic mass is 16.1. The van der Waals surface area contributed by atoms with E-state index >= 15 is 0 Å². The molecular formula is C18H22N2O. The van der Waals surface area contributed by atoms with Crippen LogP contribution in [0.4, 0.5) is 11.4 Å². The van der Waals surface area contributed by atoms with Crippen molar-refractivity contribution < 1.29 is 4.79 Å². The molecule has 0 saturated heterocycles. The van der Waals surface area contributed by atoms with Gasteiger partial charge in [0.1, 0.15) is 0 Å². The molecule has 0 aromatic heterocycles. The minimum absolute atomic E-state index is 0.0892. The standard InChI is InChI=1S/C18H22N2O/c1-4-13-7-6-8-14(5-2)17(13)20-18(21)15-9-10-16(19)12(3)11-15/h6-11H,4-5,19H2,1-3H3,(H,20,21). The van der Waals surface area contributed by atoms with Crippen molar-refractivity contribution in [1.82, 2.24) is 0 Å². The average Bonchev–Trinajstić information content (AvgIpc) is 2.50. The highest BCUT2D eigenvalue weighted by Crippen LogP contribution is 2.23. The lowest BCUT2D eigenvalue weighted by Crippen LogP contribution is -2.15. The molecule has 0 bridgehead atoms. The molecular weight excluding hydrogens is 260 g/mol. The van der Waals surface area contributed by atoms with Crippen LogP contribution < -0.4 is 11.1 Å². The van der Waals surface area contributed by atoms with Gasteiger partial charge in [0, 0.05) is 16.9 Å². The van der Waals surface area contributed by atoms with Crippen molar-refractivity contribution in [3.63, 3.8) is 0 Å². The highest BCUT2D eigenvalue weighted by molar-refractivity contribution is 6.05. The van der Waals surface area contributed by atoms with E-state index in [0.29, 0.717) is 11.3 Å². The maximum absolute atomic E-state index is 12.5. The first-order valence-electron chi connectivity index (χ1n) is 7.35. The van der Waals surface area contributed by atoms with E-state index in [0.717, 1.165) is 35.2 Å². The van der Waals surface area contributed by atoms with Crippen LogP contribution in [-0.2, 0) is 12.8 Å². The Hall–Kier alpha value is -2.29. The van der Waals surface area contributed by atoms with Gasteiger partial charge in [0.05, 0.1) is 0 Å². The fourth-order valence-corrected chi connectivity index (χ4v) is 2.41. The van der Waals surface area contributed by atoms with Gasteiger partial charge in [-0.2, -0.15) is 0 Å². The number of nitrogens with two attached hydrogens (primary N) is 1. The summed E-state index contributed by atoms with van der Waals surface area (Å²) in [4.78, 5) is 12.5. The van der Waals surface area contributed by atoms with E-state index in [9.17, 15) is 4.79 Å². The molecule has 0 unspecified atom stereocenters. The highest BCUT2D eigenvalue weighted by Gasteiger charge is 2.12. The number of aryl methyl sites for hydroxylation is 3. The second kappa shape index (κ2) is 6.44.